The van der Waals surface area contributed by atoms with Crippen molar-refractivity contribution in [3.8, 4) is 11.4 Å². The second-order valence-electron chi connectivity index (χ2n) is 7.03. The van der Waals surface area contributed by atoms with E-state index in [0.29, 0.717) is 13.2 Å². The SMILES string of the molecule is COCCON=C1CCN(c2cccc(-c3csc(NC4=NCCCN4)n3)n2)CC1. The van der Waals surface area contributed by atoms with Crippen LogP contribution in [0.2, 0.25) is 0 Å². The number of guanidine groups is 1. The molecule has 0 radical (unpaired) electrons. The summed E-state index contributed by atoms with van der Waals surface area (Å²) in [4.78, 5) is 21.5. The standard InChI is InChI=1S/C20H27N7O2S/c1-28-12-13-29-26-15-6-10-27(11-7-15)18-5-2-4-16(23-18)17-14-30-20(24-17)25-19-21-8-3-9-22-19/h2,4-5,14H,3,6-13H2,1H3,(H2,21,22,24,25). The first kappa shape index (κ1) is 20.5. The topological polar surface area (TPSA) is 96.3 Å². The van der Waals surface area contributed by atoms with Crippen LogP contribution in [-0.4, -0.2) is 68.1 Å². The van der Waals surface area contributed by atoms with Crippen molar-refractivity contribution in [2.45, 2.75) is 19.3 Å². The maximum absolute atomic E-state index is 5.29. The number of nitrogens with zero attached hydrogens (tertiary/aromatic N) is 5. The normalized spacial score (nSPS) is 16.6. The maximum Gasteiger partial charge on any atom is 0.197 e. The largest absolute Gasteiger partial charge is 0.393 e. The molecule has 0 unspecified atom stereocenters. The van der Waals surface area contributed by atoms with Crippen LogP contribution in [0.3, 0.4) is 0 Å². The van der Waals surface area contributed by atoms with Crippen molar-refractivity contribution in [3.63, 3.8) is 0 Å². The van der Waals surface area contributed by atoms with Crippen molar-refractivity contribution in [1.82, 2.24) is 15.3 Å². The van der Waals surface area contributed by atoms with Gasteiger partial charge in [0.05, 0.1) is 18.0 Å². The molecule has 30 heavy (non-hydrogen) atoms. The van der Waals surface area contributed by atoms with E-state index in [9.17, 15) is 0 Å². The van der Waals surface area contributed by atoms with Gasteiger partial charge in [-0.15, -0.1) is 11.3 Å². The zero-order valence-corrected chi connectivity index (χ0v) is 18.0. The molecule has 1 saturated heterocycles. The summed E-state index contributed by atoms with van der Waals surface area (Å²) in [6.07, 6.45) is 2.81. The third-order valence-corrected chi connectivity index (χ3v) is 5.62. The number of methoxy groups -OCH3 is 1. The number of oxime groups is 1. The average Bonchev–Trinajstić information content (AvgIpc) is 3.26. The Morgan fingerprint density at radius 3 is 2.90 bits per heavy atom. The molecule has 0 spiro atoms. The lowest BCUT2D eigenvalue weighted by molar-refractivity contribution is 0.0743. The molecule has 4 heterocycles. The monoisotopic (exact) mass is 429 g/mol. The molecule has 0 amide bonds. The van der Waals surface area contributed by atoms with Crippen molar-refractivity contribution in [2.24, 2.45) is 10.1 Å². The lowest BCUT2D eigenvalue weighted by Gasteiger charge is -2.28. The Kier molecular flexibility index (Phi) is 7.09. The number of rotatable bonds is 7. The number of aliphatic imine (C=N–C) groups is 1. The van der Waals surface area contributed by atoms with Gasteiger partial charge in [-0.25, -0.2) is 9.97 Å². The molecule has 0 atom stereocenters. The molecule has 2 aliphatic rings. The van der Waals surface area contributed by atoms with Crippen molar-refractivity contribution < 1.29 is 9.57 Å². The Hall–Kier alpha value is -2.72. The lowest BCUT2D eigenvalue weighted by Crippen LogP contribution is -2.35. The van der Waals surface area contributed by atoms with Gasteiger partial charge in [-0.3, -0.25) is 4.99 Å². The number of aromatic nitrogens is 2. The third-order valence-electron chi connectivity index (χ3n) is 4.86. The molecular weight excluding hydrogens is 402 g/mol. The number of thiazole rings is 1. The van der Waals surface area contributed by atoms with Crippen LogP contribution < -0.4 is 15.5 Å². The van der Waals surface area contributed by atoms with Crippen molar-refractivity contribution in [1.29, 1.82) is 0 Å². The first-order valence-corrected chi connectivity index (χ1v) is 11.1. The van der Waals surface area contributed by atoms with Crippen LogP contribution in [0.4, 0.5) is 10.9 Å². The van der Waals surface area contributed by atoms with E-state index in [4.69, 9.17) is 14.6 Å². The van der Waals surface area contributed by atoms with E-state index in [-0.39, 0.29) is 0 Å². The highest BCUT2D eigenvalue weighted by Crippen LogP contribution is 2.26. The fourth-order valence-corrected chi connectivity index (χ4v) is 3.95. The second kappa shape index (κ2) is 10.4. The van der Waals surface area contributed by atoms with Gasteiger partial charge in [0.1, 0.15) is 18.1 Å². The Bertz CT molecular complexity index is 889. The highest BCUT2D eigenvalue weighted by Gasteiger charge is 2.18. The molecule has 2 aromatic heterocycles. The van der Waals surface area contributed by atoms with E-state index >= 15 is 0 Å². The summed E-state index contributed by atoms with van der Waals surface area (Å²) in [7, 11) is 1.65. The molecule has 4 rings (SSSR count). The van der Waals surface area contributed by atoms with Gasteiger partial charge >= 0.3 is 0 Å². The predicted octanol–water partition coefficient (Wildman–Crippen LogP) is 2.59. The molecule has 2 aromatic rings. The van der Waals surface area contributed by atoms with E-state index in [0.717, 1.165) is 79.5 Å². The highest BCUT2D eigenvalue weighted by atomic mass is 32.1. The van der Waals surface area contributed by atoms with Gasteiger partial charge in [0.15, 0.2) is 11.1 Å². The number of hydrogen-bond donors (Lipinski definition) is 2. The molecule has 2 N–H and O–H groups in total. The maximum atomic E-state index is 5.29. The highest BCUT2D eigenvalue weighted by molar-refractivity contribution is 7.14. The number of piperidine rings is 1. The van der Waals surface area contributed by atoms with E-state index in [1.807, 2.05) is 23.6 Å². The van der Waals surface area contributed by atoms with Crippen LogP contribution in [0.15, 0.2) is 33.7 Å². The quantitative estimate of drug-likeness (QED) is 0.516. The van der Waals surface area contributed by atoms with Gasteiger partial charge in [0.2, 0.25) is 0 Å². The molecule has 160 valence electrons. The molecule has 2 aliphatic heterocycles. The fourth-order valence-electron chi connectivity index (χ4n) is 3.25. The van der Waals surface area contributed by atoms with Gasteiger partial charge < -0.3 is 25.1 Å². The third kappa shape index (κ3) is 5.45. The van der Waals surface area contributed by atoms with Crippen LogP contribution in [-0.2, 0) is 9.57 Å². The molecule has 10 heteroatoms. The number of nitrogens with one attached hydrogen (secondary N) is 2. The minimum absolute atomic E-state index is 0.487. The van der Waals surface area contributed by atoms with Gasteiger partial charge in [-0.1, -0.05) is 11.2 Å². The van der Waals surface area contributed by atoms with Crippen LogP contribution >= 0.6 is 11.3 Å². The number of ether oxygens (including phenoxy) is 1. The van der Waals surface area contributed by atoms with Gasteiger partial charge in [-0.2, -0.15) is 0 Å². The van der Waals surface area contributed by atoms with Gasteiger partial charge in [0, 0.05) is 51.5 Å². The van der Waals surface area contributed by atoms with Crippen molar-refractivity contribution in [3.05, 3.63) is 23.6 Å². The Morgan fingerprint density at radius 2 is 2.10 bits per heavy atom. The van der Waals surface area contributed by atoms with E-state index in [2.05, 4.69) is 30.7 Å². The molecule has 1 fully saturated rings. The first-order chi connectivity index (χ1) is 14.8. The zero-order chi connectivity index (χ0) is 20.6. The Morgan fingerprint density at radius 1 is 1.20 bits per heavy atom. The fraction of sp³-hybridized carbons (Fsp3) is 0.500. The summed E-state index contributed by atoms with van der Waals surface area (Å²) < 4.78 is 4.97. The average molecular weight is 430 g/mol. The van der Waals surface area contributed by atoms with Crippen molar-refractivity contribution in [2.75, 3.05) is 56.7 Å². The number of pyridine rings is 1. The lowest BCUT2D eigenvalue weighted by atomic mass is 10.1. The summed E-state index contributed by atoms with van der Waals surface area (Å²) in [5.74, 6) is 1.76. The van der Waals surface area contributed by atoms with E-state index < -0.39 is 0 Å². The molecule has 0 saturated carbocycles. The minimum Gasteiger partial charge on any atom is -0.393 e. The Balaban J connectivity index is 1.36. The van der Waals surface area contributed by atoms with Crippen LogP contribution in [0.1, 0.15) is 19.3 Å². The van der Waals surface area contributed by atoms with Crippen LogP contribution in [0.5, 0.6) is 0 Å². The number of hydrogen-bond acceptors (Lipinski definition) is 10. The summed E-state index contributed by atoms with van der Waals surface area (Å²) >= 11 is 1.56. The predicted molar refractivity (Wildman–Crippen MR) is 121 cm³/mol. The Labute approximate surface area is 180 Å². The summed E-state index contributed by atoms with van der Waals surface area (Å²) in [5.41, 5.74) is 2.83. The minimum atomic E-state index is 0.487. The van der Waals surface area contributed by atoms with Crippen LogP contribution in [0.25, 0.3) is 11.4 Å². The van der Waals surface area contributed by atoms with E-state index in [1.165, 1.54) is 0 Å². The second-order valence-corrected chi connectivity index (χ2v) is 7.88. The summed E-state index contributed by atoms with van der Waals surface area (Å²) in [5, 5.41) is 13.6. The van der Waals surface area contributed by atoms with Gasteiger partial charge in [-0.05, 0) is 18.6 Å². The molecule has 9 nitrogen and oxygen atoms in total. The summed E-state index contributed by atoms with van der Waals surface area (Å²) in [6.45, 7) is 4.57. The molecule has 0 aliphatic carbocycles. The molecular formula is C20H27N7O2S. The molecule has 0 bridgehead atoms. The van der Waals surface area contributed by atoms with Crippen LogP contribution in [0, 0.1) is 0 Å². The molecule has 0 aromatic carbocycles. The smallest absolute Gasteiger partial charge is 0.197 e. The van der Waals surface area contributed by atoms with Crippen molar-refractivity contribution >= 4 is 34.0 Å². The first-order valence-electron chi connectivity index (χ1n) is 10.2. The zero-order valence-electron chi connectivity index (χ0n) is 17.1. The summed E-state index contributed by atoms with van der Waals surface area (Å²) in [6, 6.07) is 6.08. The number of anilines is 2. The van der Waals surface area contributed by atoms with E-state index in [1.54, 1.807) is 18.4 Å². The van der Waals surface area contributed by atoms with Gasteiger partial charge in [0.25, 0.3) is 0 Å².